The second-order valence-corrected chi connectivity index (χ2v) is 9.64. The van der Waals surface area contributed by atoms with E-state index in [4.69, 9.17) is 16.3 Å². The van der Waals surface area contributed by atoms with Gasteiger partial charge in [0.25, 0.3) is 5.91 Å². The minimum Gasteiger partial charge on any atom is -0.482 e. The number of carbonyl (C=O) groups excluding carboxylic acids is 2. The summed E-state index contributed by atoms with van der Waals surface area (Å²) in [7, 11) is -3.68. The van der Waals surface area contributed by atoms with Crippen molar-refractivity contribution in [3.05, 3.63) is 53.1 Å². The zero-order valence-corrected chi connectivity index (χ0v) is 18.8. The Bertz CT molecular complexity index is 1070. The van der Waals surface area contributed by atoms with Gasteiger partial charge in [-0.15, -0.1) is 0 Å². The van der Waals surface area contributed by atoms with Gasteiger partial charge in [0.15, 0.2) is 12.4 Å². The zero-order valence-electron chi connectivity index (χ0n) is 17.2. The van der Waals surface area contributed by atoms with Crippen LogP contribution in [0.1, 0.15) is 49.4 Å². The topological polar surface area (TPSA) is 102 Å². The molecule has 0 saturated heterocycles. The normalized spacial score (nSPS) is 14.8. The van der Waals surface area contributed by atoms with Crippen LogP contribution in [-0.4, -0.2) is 32.8 Å². The molecule has 9 heteroatoms. The summed E-state index contributed by atoms with van der Waals surface area (Å²) in [6, 6.07) is 10.7. The average molecular weight is 465 g/mol. The van der Waals surface area contributed by atoms with Crippen molar-refractivity contribution < 1.29 is 22.7 Å². The molecule has 2 aromatic rings. The third kappa shape index (κ3) is 6.53. The van der Waals surface area contributed by atoms with Gasteiger partial charge in [0, 0.05) is 17.3 Å². The highest BCUT2D eigenvalue weighted by molar-refractivity contribution is 7.89. The summed E-state index contributed by atoms with van der Waals surface area (Å²) < 4.78 is 33.4. The number of sulfonamides is 1. The van der Waals surface area contributed by atoms with Crippen LogP contribution in [0.5, 0.6) is 5.75 Å². The monoisotopic (exact) mass is 464 g/mol. The number of hydrogen-bond donors (Lipinski definition) is 2. The molecule has 0 bridgehead atoms. The Hall–Kier alpha value is -2.42. The number of ether oxygens (including phenoxy) is 1. The fourth-order valence-electron chi connectivity index (χ4n) is 3.43. The molecule has 1 aliphatic rings. The predicted octanol–water partition coefficient (Wildman–Crippen LogP) is 4.17. The lowest BCUT2D eigenvalue weighted by Crippen LogP contribution is -2.36. The van der Waals surface area contributed by atoms with E-state index in [0.29, 0.717) is 11.3 Å². The van der Waals surface area contributed by atoms with E-state index in [2.05, 4.69) is 10.0 Å². The first kappa shape index (κ1) is 23.2. The van der Waals surface area contributed by atoms with E-state index < -0.39 is 15.9 Å². The molecular weight excluding hydrogens is 440 g/mol. The van der Waals surface area contributed by atoms with Crippen LogP contribution in [0.4, 0.5) is 5.69 Å². The van der Waals surface area contributed by atoms with Gasteiger partial charge in [-0.2, -0.15) is 0 Å². The molecule has 1 aliphatic carbocycles. The van der Waals surface area contributed by atoms with Crippen molar-refractivity contribution in [2.75, 3.05) is 11.9 Å². The van der Waals surface area contributed by atoms with Gasteiger partial charge in [-0.3, -0.25) is 9.59 Å². The quantitative estimate of drug-likeness (QED) is 0.571. The van der Waals surface area contributed by atoms with E-state index in [0.717, 1.165) is 32.1 Å². The van der Waals surface area contributed by atoms with Crippen LogP contribution in [0.3, 0.4) is 0 Å². The van der Waals surface area contributed by atoms with Crippen LogP contribution < -0.4 is 14.8 Å². The molecule has 0 aliphatic heterocycles. The van der Waals surface area contributed by atoms with E-state index in [-0.39, 0.29) is 34.1 Å². The van der Waals surface area contributed by atoms with Crippen LogP contribution >= 0.6 is 11.6 Å². The van der Waals surface area contributed by atoms with Gasteiger partial charge in [-0.05, 0) is 50.1 Å². The Morgan fingerprint density at radius 2 is 1.84 bits per heavy atom. The number of anilines is 1. The molecule has 0 spiro atoms. The highest BCUT2D eigenvalue weighted by Gasteiger charge is 2.22. The first-order chi connectivity index (χ1) is 14.7. The molecule has 1 saturated carbocycles. The summed E-state index contributed by atoms with van der Waals surface area (Å²) in [5.41, 5.74) is 0.961. The van der Waals surface area contributed by atoms with E-state index in [1.807, 2.05) is 0 Å². The average Bonchev–Trinajstić information content (AvgIpc) is 2.73. The van der Waals surface area contributed by atoms with Gasteiger partial charge in [0.1, 0.15) is 5.75 Å². The number of amides is 1. The van der Waals surface area contributed by atoms with Gasteiger partial charge < -0.3 is 10.1 Å². The number of Topliss-reactive ketones (excluding diaryl/α,β-unsaturated/α-hetero) is 1. The van der Waals surface area contributed by atoms with Crippen molar-refractivity contribution in [1.82, 2.24) is 4.72 Å². The summed E-state index contributed by atoms with van der Waals surface area (Å²) in [6.45, 7) is 1.12. The third-order valence-electron chi connectivity index (χ3n) is 5.05. The van der Waals surface area contributed by atoms with Gasteiger partial charge in [0.05, 0.1) is 9.92 Å². The Morgan fingerprint density at radius 1 is 1.10 bits per heavy atom. The Labute approximate surface area is 187 Å². The fourth-order valence-corrected chi connectivity index (χ4v) is 5.06. The minimum atomic E-state index is -3.68. The number of benzene rings is 2. The van der Waals surface area contributed by atoms with Crippen molar-refractivity contribution in [3.8, 4) is 5.75 Å². The van der Waals surface area contributed by atoms with Crippen LogP contribution in [0.15, 0.2) is 47.4 Å². The summed E-state index contributed by atoms with van der Waals surface area (Å²) in [4.78, 5) is 23.7. The highest BCUT2D eigenvalue weighted by atomic mass is 35.5. The van der Waals surface area contributed by atoms with E-state index in [9.17, 15) is 18.0 Å². The smallest absolute Gasteiger partial charge is 0.262 e. The van der Waals surface area contributed by atoms with E-state index >= 15 is 0 Å². The number of hydrogen-bond acceptors (Lipinski definition) is 5. The Balaban J connectivity index is 1.59. The van der Waals surface area contributed by atoms with Gasteiger partial charge >= 0.3 is 0 Å². The van der Waals surface area contributed by atoms with Crippen LogP contribution in [0.25, 0.3) is 0 Å². The Morgan fingerprint density at radius 3 is 2.52 bits per heavy atom. The maximum absolute atomic E-state index is 12.6. The van der Waals surface area contributed by atoms with Gasteiger partial charge in [-0.1, -0.05) is 43.0 Å². The molecule has 0 atom stereocenters. The molecule has 2 N–H and O–H groups in total. The fraction of sp³-hybridized carbons (Fsp3) is 0.364. The lowest BCUT2D eigenvalue weighted by atomic mass is 9.96. The van der Waals surface area contributed by atoms with Crippen molar-refractivity contribution >= 4 is 39.0 Å². The molecular formula is C22H25ClN2O5S. The highest BCUT2D eigenvalue weighted by Crippen LogP contribution is 2.28. The van der Waals surface area contributed by atoms with E-state index in [1.54, 1.807) is 24.3 Å². The second kappa shape index (κ2) is 10.3. The SMILES string of the molecule is CC(=O)c1cccc(NC(=O)COc2ccc(S(=O)(=O)NC3CCCCC3)cc2Cl)c1. The molecule has 7 nitrogen and oxygen atoms in total. The van der Waals surface area contributed by atoms with Crippen LogP contribution in [-0.2, 0) is 14.8 Å². The maximum Gasteiger partial charge on any atom is 0.262 e. The number of carbonyl (C=O) groups is 2. The summed E-state index contributed by atoms with van der Waals surface area (Å²) in [5, 5.41) is 2.74. The summed E-state index contributed by atoms with van der Waals surface area (Å²) >= 11 is 6.19. The number of halogens is 1. The maximum atomic E-state index is 12.6. The number of rotatable bonds is 8. The van der Waals surface area contributed by atoms with Crippen molar-refractivity contribution in [1.29, 1.82) is 0 Å². The zero-order chi connectivity index (χ0) is 22.4. The first-order valence-electron chi connectivity index (χ1n) is 10.1. The second-order valence-electron chi connectivity index (χ2n) is 7.52. The third-order valence-corrected chi connectivity index (χ3v) is 6.87. The molecule has 0 radical (unpaired) electrons. The Kier molecular flexibility index (Phi) is 7.69. The largest absolute Gasteiger partial charge is 0.482 e. The van der Waals surface area contributed by atoms with Crippen molar-refractivity contribution in [2.24, 2.45) is 0 Å². The molecule has 3 rings (SSSR count). The molecule has 0 heterocycles. The lowest BCUT2D eigenvalue weighted by Gasteiger charge is -2.22. The van der Waals surface area contributed by atoms with Crippen LogP contribution in [0.2, 0.25) is 5.02 Å². The predicted molar refractivity (Wildman–Crippen MR) is 119 cm³/mol. The van der Waals surface area contributed by atoms with Crippen molar-refractivity contribution in [2.45, 2.75) is 50.0 Å². The number of nitrogens with one attached hydrogen (secondary N) is 2. The van der Waals surface area contributed by atoms with Gasteiger partial charge in [-0.25, -0.2) is 13.1 Å². The molecule has 2 aromatic carbocycles. The molecule has 1 fully saturated rings. The lowest BCUT2D eigenvalue weighted by molar-refractivity contribution is -0.118. The molecule has 166 valence electrons. The molecule has 31 heavy (non-hydrogen) atoms. The summed E-state index contributed by atoms with van der Waals surface area (Å²) in [5.74, 6) is -0.342. The van der Waals surface area contributed by atoms with Gasteiger partial charge in [0.2, 0.25) is 10.0 Å². The molecule has 0 aromatic heterocycles. The summed E-state index contributed by atoms with van der Waals surface area (Å²) in [6.07, 6.45) is 4.83. The molecule has 0 unspecified atom stereocenters. The van der Waals surface area contributed by atoms with Crippen LogP contribution in [0, 0.1) is 0 Å². The minimum absolute atomic E-state index is 0.0564. The molecule has 1 amide bonds. The van der Waals surface area contributed by atoms with Crippen molar-refractivity contribution in [3.63, 3.8) is 0 Å². The first-order valence-corrected chi connectivity index (χ1v) is 12.0. The van der Waals surface area contributed by atoms with E-state index in [1.165, 1.54) is 25.1 Å². The standard InChI is InChI=1S/C22H25ClN2O5S/c1-15(26)16-6-5-9-18(12-16)24-22(27)14-30-21-11-10-19(13-20(21)23)31(28,29)25-17-7-3-2-4-8-17/h5-6,9-13,17,25H,2-4,7-8,14H2,1H3,(H,24,27). The number of ketones is 1.